The standard InChI is InChI=1S/C16H21NO2/c1-3-7-16(19)17(12-10-14(2)18)13-11-15-8-5-4-6-9-15/h3-9H,10-13H2,1-2H3/b7-3+. The van der Waals surface area contributed by atoms with E-state index in [0.717, 1.165) is 6.42 Å². The van der Waals surface area contributed by atoms with Crippen LogP contribution in [0.2, 0.25) is 0 Å². The first-order valence-electron chi connectivity index (χ1n) is 6.58. The zero-order valence-electron chi connectivity index (χ0n) is 11.6. The van der Waals surface area contributed by atoms with E-state index in [1.54, 1.807) is 24.0 Å². The van der Waals surface area contributed by atoms with Crippen molar-refractivity contribution >= 4 is 11.7 Å². The molecule has 0 aromatic heterocycles. The van der Waals surface area contributed by atoms with Gasteiger partial charge in [-0.15, -0.1) is 0 Å². The van der Waals surface area contributed by atoms with E-state index >= 15 is 0 Å². The van der Waals surface area contributed by atoms with Gasteiger partial charge in [-0.2, -0.15) is 0 Å². The molecule has 0 aliphatic heterocycles. The molecule has 0 N–H and O–H groups in total. The van der Waals surface area contributed by atoms with Crippen molar-refractivity contribution < 1.29 is 9.59 Å². The number of hydrogen-bond donors (Lipinski definition) is 0. The van der Waals surface area contributed by atoms with Crippen molar-refractivity contribution in [2.75, 3.05) is 13.1 Å². The topological polar surface area (TPSA) is 37.4 Å². The van der Waals surface area contributed by atoms with Gasteiger partial charge in [0.25, 0.3) is 0 Å². The van der Waals surface area contributed by atoms with Crippen LogP contribution in [-0.4, -0.2) is 29.7 Å². The number of hydrogen-bond acceptors (Lipinski definition) is 2. The maximum atomic E-state index is 11.9. The van der Waals surface area contributed by atoms with Crippen molar-refractivity contribution in [3.8, 4) is 0 Å². The zero-order chi connectivity index (χ0) is 14.1. The molecule has 1 aromatic carbocycles. The van der Waals surface area contributed by atoms with Gasteiger partial charge in [0.05, 0.1) is 0 Å². The molecular formula is C16H21NO2. The molecule has 0 saturated heterocycles. The van der Waals surface area contributed by atoms with Crippen LogP contribution in [0.1, 0.15) is 25.8 Å². The maximum absolute atomic E-state index is 11.9. The Hall–Kier alpha value is -1.90. The molecule has 19 heavy (non-hydrogen) atoms. The van der Waals surface area contributed by atoms with E-state index < -0.39 is 0 Å². The molecule has 0 heterocycles. The van der Waals surface area contributed by atoms with E-state index in [2.05, 4.69) is 0 Å². The van der Waals surface area contributed by atoms with Crippen molar-refractivity contribution in [2.24, 2.45) is 0 Å². The van der Waals surface area contributed by atoms with Crippen LogP contribution in [0.25, 0.3) is 0 Å². The number of carbonyl (C=O) groups excluding carboxylic acids is 2. The molecule has 0 saturated carbocycles. The largest absolute Gasteiger partial charge is 0.338 e. The predicted molar refractivity (Wildman–Crippen MR) is 76.8 cm³/mol. The summed E-state index contributed by atoms with van der Waals surface area (Å²) in [7, 11) is 0. The fraction of sp³-hybridized carbons (Fsp3) is 0.375. The van der Waals surface area contributed by atoms with Gasteiger partial charge in [0.15, 0.2) is 0 Å². The molecule has 0 radical (unpaired) electrons. The average molecular weight is 259 g/mol. The van der Waals surface area contributed by atoms with Crippen LogP contribution in [0.15, 0.2) is 42.5 Å². The van der Waals surface area contributed by atoms with Gasteiger partial charge in [0, 0.05) is 19.5 Å². The lowest BCUT2D eigenvalue weighted by atomic mass is 10.1. The number of benzene rings is 1. The quantitative estimate of drug-likeness (QED) is 0.706. The molecule has 0 fully saturated rings. The predicted octanol–water partition coefficient (Wildman–Crippen LogP) is 2.61. The lowest BCUT2D eigenvalue weighted by Gasteiger charge is -2.20. The van der Waals surface area contributed by atoms with Gasteiger partial charge in [0.1, 0.15) is 5.78 Å². The average Bonchev–Trinajstić information content (AvgIpc) is 2.40. The molecule has 102 valence electrons. The highest BCUT2D eigenvalue weighted by Crippen LogP contribution is 2.03. The third kappa shape index (κ3) is 6.00. The van der Waals surface area contributed by atoms with Crippen molar-refractivity contribution in [3.63, 3.8) is 0 Å². The van der Waals surface area contributed by atoms with Crippen molar-refractivity contribution in [1.29, 1.82) is 0 Å². The second kappa shape index (κ2) is 8.25. The van der Waals surface area contributed by atoms with Gasteiger partial charge in [-0.1, -0.05) is 36.4 Å². The summed E-state index contributed by atoms with van der Waals surface area (Å²) in [6, 6.07) is 10.0. The van der Waals surface area contributed by atoms with Crippen LogP contribution in [0.3, 0.4) is 0 Å². The highest BCUT2D eigenvalue weighted by molar-refractivity contribution is 5.88. The first-order valence-corrected chi connectivity index (χ1v) is 6.58. The molecule has 1 rings (SSSR count). The van der Waals surface area contributed by atoms with Crippen LogP contribution in [0, 0.1) is 0 Å². The summed E-state index contributed by atoms with van der Waals surface area (Å²) in [6.45, 7) is 4.50. The Morgan fingerprint density at radius 1 is 1.16 bits per heavy atom. The Labute approximate surface area is 114 Å². The Kier molecular flexibility index (Phi) is 6.58. The summed E-state index contributed by atoms with van der Waals surface area (Å²) in [4.78, 5) is 24.7. The van der Waals surface area contributed by atoms with E-state index in [1.807, 2.05) is 37.3 Å². The minimum atomic E-state index is -0.0281. The number of rotatable bonds is 7. The summed E-state index contributed by atoms with van der Waals surface area (Å²) in [5, 5.41) is 0. The van der Waals surface area contributed by atoms with Gasteiger partial charge < -0.3 is 4.90 Å². The molecule has 0 atom stereocenters. The first kappa shape index (κ1) is 15.2. The zero-order valence-corrected chi connectivity index (χ0v) is 11.6. The summed E-state index contributed by atoms with van der Waals surface area (Å²) in [5.74, 6) is 0.0812. The maximum Gasteiger partial charge on any atom is 0.246 e. The molecule has 0 bridgehead atoms. The third-order valence-electron chi connectivity index (χ3n) is 2.87. The van der Waals surface area contributed by atoms with E-state index in [1.165, 1.54) is 5.56 Å². The van der Waals surface area contributed by atoms with E-state index in [-0.39, 0.29) is 11.7 Å². The molecular weight excluding hydrogens is 238 g/mol. The Morgan fingerprint density at radius 3 is 2.42 bits per heavy atom. The molecule has 1 aromatic rings. The van der Waals surface area contributed by atoms with Gasteiger partial charge in [0.2, 0.25) is 5.91 Å². The molecule has 1 amide bonds. The normalized spacial score (nSPS) is 10.6. The fourth-order valence-corrected chi connectivity index (χ4v) is 1.78. The van der Waals surface area contributed by atoms with Crippen LogP contribution in [0.5, 0.6) is 0 Å². The minimum absolute atomic E-state index is 0.0281. The van der Waals surface area contributed by atoms with Gasteiger partial charge in [-0.05, 0) is 31.9 Å². The SMILES string of the molecule is C/C=C/C(=O)N(CCC(C)=O)CCc1ccccc1. The second-order valence-corrected chi connectivity index (χ2v) is 4.51. The number of amides is 1. The Bertz CT molecular complexity index is 437. The highest BCUT2D eigenvalue weighted by Gasteiger charge is 2.11. The van der Waals surface area contributed by atoms with Crippen molar-refractivity contribution in [3.05, 3.63) is 48.0 Å². The molecule has 0 unspecified atom stereocenters. The Balaban J connectivity index is 2.58. The van der Waals surface area contributed by atoms with Gasteiger partial charge in [-0.3, -0.25) is 9.59 Å². The summed E-state index contributed by atoms with van der Waals surface area (Å²) in [6.07, 6.45) is 4.50. The van der Waals surface area contributed by atoms with Crippen molar-refractivity contribution in [2.45, 2.75) is 26.7 Å². The van der Waals surface area contributed by atoms with Gasteiger partial charge >= 0.3 is 0 Å². The molecule has 3 nitrogen and oxygen atoms in total. The van der Waals surface area contributed by atoms with E-state index in [0.29, 0.717) is 19.5 Å². The summed E-state index contributed by atoms with van der Waals surface area (Å²) < 4.78 is 0. The lowest BCUT2D eigenvalue weighted by Crippen LogP contribution is -2.33. The van der Waals surface area contributed by atoms with Crippen molar-refractivity contribution in [1.82, 2.24) is 4.90 Å². The molecule has 0 spiro atoms. The van der Waals surface area contributed by atoms with Crippen LogP contribution < -0.4 is 0 Å². The summed E-state index contributed by atoms with van der Waals surface area (Å²) in [5.41, 5.74) is 1.20. The smallest absolute Gasteiger partial charge is 0.246 e. The van der Waals surface area contributed by atoms with Crippen LogP contribution >= 0.6 is 0 Å². The fourth-order valence-electron chi connectivity index (χ4n) is 1.78. The lowest BCUT2D eigenvalue weighted by molar-refractivity contribution is -0.126. The first-order chi connectivity index (χ1) is 9.13. The molecule has 3 heteroatoms. The highest BCUT2D eigenvalue weighted by atomic mass is 16.2. The van der Waals surface area contributed by atoms with E-state index in [4.69, 9.17) is 0 Å². The monoisotopic (exact) mass is 259 g/mol. The number of allylic oxidation sites excluding steroid dienone is 1. The molecule has 0 aliphatic carbocycles. The third-order valence-corrected chi connectivity index (χ3v) is 2.87. The summed E-state index contributed by atoms with van der Waals surface area (Å²) >= 11 is 0. The Morgan fingerprint density at radius 2 is 1.84 bits per heavy atom. The van der Waals surface area contributed by atoms with E-state index in [9.17, 15) is 9.59 Å². The molecule has 0 aliphatic rings. The van der Waals surface area contributed by atoms with Crippen LogP contribution in [-0.2, 0) is 16.0 Å². The minimum Gasteiger partial charge on any atom is -0.338 e. The number of carbonyl (C=O) groups is 2. The van der Waals surface area contributed by atoms with Crippen LogP contribution in [0.4, 0.5) is 0 Å². The number of nitrogens with zero attached hydrogens (tertiary/aromatic N) is 1. The number of Topliss-reactive ketones (excluding diaryl/α,β-unsaturated/α-hetero) is 1. The second-order valence-electron chi connectivity index (χ2n) is 4.51. The van der Waals surface area contributed by atoms with Gasteiger partial charge in [-0.25, -0.2) is 0 Å². The number of ketones is 1.